The summed E-state index contributed by atoms with van der Waals surface area (Å²) in [5, 5.41) is 20.0. The molecular weight excluding hydrogens is 398 g/mol. The molecule has 0 radical (unpaired) electrons. The van der Waals surface area contributed by atoms with Gasteiger partial charge in [-0.2, -0.15) is 20.5 Å². The van der Waals surface area contributed by atoms with Gasteiger partial charge in [-0.3, -0.25) is 9.48 Å². The number of hydrazone groups is 1. The van der Waals surface area contributed by atoms with Crippen molar-refractivity contribution >= 4 is 35.0 Å². The Morgan fingerprint density at radius 3 is 2.57 bits per heavy atom. The average Bonchev–Trinajstić information content (AvgIpc) is 3.29. The van der Waals surface area contributed by atoms with Gasteiger partial charge in [-0.05, 0) is 37.3 Å². The number of nitriles is 1. The summed E-state index contributed by atoms with van der Waals surface area (Å²) >= 11 is 6.02. The minimum Gasteiger partial charge on any atom is -0.270 e. The lowest BCUT2D eigenvalue weighted by Gasteiger charge is -2.11. The average molecular weight is 416 g/mol. The Kier molecular flexibility index (Phi) is 5.46. The van der Waals surface area contributed by atoms with Crippen molar-refractivity contribution in [2.45, 2.75) is 19.9 Å². The van der Waals surface area contributed by atoms with E-state index in [1.807, 2.05) is 61.7 Å². The number of carbonyl (C=O) groups is 1. The second-order valence-corrected chi connectivity index (χ2v) is 7.24. The highest BCUT2D eigenvalue weighted by atomic mass is 35.5. The van der Waals surface area contributed by atoms with Gasteiger partial charge >= 0.3 is 0 Å². The number of nitrogens with zero attached hydrogens (tertiary/aromatic N) is 5. The van der Waals surface area contributed by atoms with Crippen molar-refractivity contribution in [1.82, 2.24) is 9.78 Å². The Morgan fingerprint density at radius 1 is 1.13 bits per heavy atom. The smallest absolute Gasteiger partial charge is 0.270 e. The SMILES string of the molecule is CC1=NN(c2ccccc2)C(=O)C1=Cc1cn(CCC#N)nc1-c1ccc(Cl)cc1. The van der Waals surface area contributed by atoms with Crippen LogP contribution in [0.3, 0.4) is 0 Å². The maximum Gasteiger partial charge on any atom is 0.280 e. The number of anilines is 1. The molecule has 0 spiro atoms. The van der Waals surface area contributed by atoms with Crippen LogP contribution in [-0.2, 0) is 11.3 Å². The van der Waals surface area contributed by atoms with Crippen LogP contribution in [0.25, 0.3) is 17.3 Å². The second kappa shape index (κ2) is 8.36. The van der Waals surface area contributed by atoms with Gasteiger partial charge < -0.3 is 0 Å². The van der Waals surface area contributed by atoms with E-state index in [9.17, 15) is 4.79 Å². The Hall–Kier alpha value is -3.69. The molecule has 3 aromatic rings. The number of hydrogen-bond donors (Lipinski definition) is 0. The number of aromatic nitrogens is 2. The molecule has 6 nitrogen and oxygen atoms in total. The normalized spacial score (nSPS) is 14.8. The second-order valence-electron chi connectivity index (χ2n) is 6.81. The van der Waals surface area contributed by atoms with Crippen molar-refractivity contribution in [3.8, 4) is 17.3 Å². The summed E-state index contributed by atoms with van der Waals surface area (Å²) in [7, 11) is 0. The van der Waals surface area contributed by atoms with E-state index >= 15 is 0 Å². The molecule has 0 N–H and O–H groups in total. The van der Waals surface area contributed by atoms with Crippen LogP contribution < -0.4 is 5.01 Å². The van der Waals surface area contributed by atoms with Crippen LogP contribution in [0.15, 0.2) is 71.5 Å². The summed E-state index contributed by atoms with van der Waals surface area (Å²) < 4.78 is 1.72. The number of halogens is 1. The van der Waals surface area contributed by atoms with Crippen molar-refractivity contribution in [3.05, 3.63) is 77.0 Å². The zero-order valence-corrected chi connectivity index (χ0v) is 17.0. The molecule has 1 aliphatic rings. The number of aryl methyl sites for hydroxylation is 1. The highest BCUT2D eigenvalue weighted by Crippen LogP contribution is 2.29. The van der Waals surface area contributed by atoms with E-state index in [-0.39, 0.29) is 5.91 Å². The van der Waals surface area contributed by atoms with Gasteiger partial charge in [-0.25, -0.2) is 0 Å². The quantitative estimate of drug-likeness (QED) is 0.555. The van der Waals surface area contributed by atoms with Gasteiger partial charge in [0, 0.05) is 22.3 Å². The summed E-state index contributed by atoms with van der Waals surface area (Å²) in [5.41, 5.74) is 4.23. The molecule has 2 heterocycles. The van der Waals surface area contributed by atoms with Gasteiger partial charge in [0.2, 0.25) is 0 Å². The summed E-state index contributed by atoms with van der Waals surface area (Å²) in [6, 6.07) is 18.8. The molecule has 148 valence electrons. The molecule has 1 aromatic heterocycles. The molecule has 30 heavy (non-hydrogen) atoms. The molecule has 2 aromatic carbocycles. The van der Waals surface area contributed by atoms with Crippen molar-refractivity contribution in [1.29, 1.82) is 5.26 Å². The maximum absolute atomic E-state index is 13.0. The fraction of sp³-hybridized carbons (Fsp3) is 0.130. The fourth-order valence-corrected chi connectivity index (χ4v) is 3.36. The first-order chi connectivity index (χ1) is 14.6. The number of para-hydroxylation sites is 1. The van der Waals surface area contributed by atoms with Crippen LogP contribution in [0.1, 0.15) is 18.9 Å². The largest absolute Gasteiger partial charge is 0.280 e. The van der Waals surface area contributed by atoms with Crippen LogP contribution in [0, 0.1) is 11.3 Å². The lowest BCUT2D eigenvalue weighted by Crippen LogP contribution is -2.21. The lowest BCUT2D eigenvalue weighted by molar-refractivity contribution is -0.114. The third-order valence-electron chi connectivity index (χ3n) is 4.72. The molecule has 0 unspecified atom stereocenters. The predicted molar refractivity (Wildman–Crippen MR) is 118 cm³/mol. The van der Waals surface area contributed by atoms with Gasteiger partial charge in [0.25, 0.3) is 5.91 Å². The number of rotatable bonds is 5. The highest BCUT2D eigenvalue weighted by Gasteiger charge is 2.29. The van der Waals surface area contributed by atoms with Crippen LogP contribution >= 0.6 is 11.6 Å². The Labute approximate surface area is 179 Å². The zero-order chi connectivity index (χ0) is 21.1. The first kappa shape index (κ1) is 19.6. The third kappa shape index (κ3) is 3.88. The Morgan fingerprint density at radius 2 is 1.87 bits per heavy atom. The van der Waals surface area contributed by atoms with Gasteiger partial charge in [-0.15, -0.1) is 0 Å². The van der Waals surface area contributed by atoms with Crippen molar-refractivity contribution in [2.75, 3.05) is 5.01 Å². The molecule has 0 fully saturated rings. The summed E-state index contributed by atoms with van der Waals surface area (Å²) in [6.07, 6.45) is 4.00. The molecule has 0 atom stereocenters. The minimum absolute atomic E-state index is 0.189. The van der Waals surface area contributed by atoms with E-state index in [4.69, 9.17) is 16.9 Å². The van der Waals surface area contributed by atoms with Gasteiger partial charge in [-0.1, -0.05) is 41.9 Å². The first-order valence-electron chi connectivity index (χ1n) is 9.44. The molecule has 0 bridgehead atoms. The standard InChI is InChI=1S/C23H18ClN5O/c1-16-21(23(30)29(26-16)20-6-3-2-4-7-20)14-18-15-28(13-5-12-25)27-22(18)17-8-10-19(24)11-9-17/h2-4,6-11,14-15H,5,13H2,1H3. The maximum atomic E-state index is 13.0. The summed E-state index contributed by atoms with van der Waals surface area (Å²) in [5.74, 6) is -0.189. The number of benzene rings is 2. The van der Waals surface area contributed by atoms with E-state index < -0.39 is 0 Å². The van der Waals surface area contributed by atoms with E-state index in [1.54, 1.807) is 16.8 Å². The van der Waals surface area contributed by atoms with Crippen molar-refractivity contribution < 1.29 is 4.79 Å². The van der Waals surface area contributed by atoms with Crippen LogP contribution in [0.2, 0.25) is 5.02 Å². The molecule has 0 saturated heterocycles. The van der Waals surface area contributed by atoms with Crippen LogP contribution in [0.4, 0.5) is 5.69 Å². The van der Waals surface area contributed by atoms with E-state index in [1.165, 1.54) is 5.01 Å². The van der Waals surface area contributed by atoms with Crippen molar-refractivity contribution in [3.63, 3.8) is 0 Å². The van der Waals surface area contributed by atoms with Gasteiger partial charge in [0.1, 0.15) is 0 Å². The van der Waals surface area contributed by atoms with Crippen LogP contribution in [-0.4, -0.2) is 21.4 Å². The molecular formula is C23H18ClN5O. The molecule has 1 aliphatic heterocycles. The number of carbonyl (C=O) groups excluding carboxylic acids is 1. The van der Waals surface area contributed by atoms with E-state index in [0.717, 1.165) is 16.8 Å². The molecule has 1 amide bonds. The predicted octanol–water partition coefficient (Wildman–Crippen LogP) is 4.92. The Bertz CT molecular complexity index is 1190. The van der Waals surface area contributed by atoms with Crippen molar-refractivity contribution in [2.24, 2.45) is 5.10 Å². The summed E-state index contributed by atoms with van der Waals surface area (Å²) in [6.45, 7) is 2.28. The Balaban J connectivity index is 1.74. The van der Waals surface area contributed by atoms with Crippen LogP contribution in [0.5, 0.6) is 0 Å². The fourth-order valence-electron chi connectivity index (χ4n) is 3.24. The first-order valence-corrected chi connectivity index (χ1v) is 9.82. The minimum atomic E-state index is -0.189. The molecule has 7 heteroatoms. The van der Waals surface area contributed by atoms with E-state index in [0.29, 0.717) is 35.0 Å². The zero-order valence-electron chi connectivity index (χ0n) is 16.3. The van der Waals surface area contributed by atoms with Gasteiger partial charge in [0.05, 0.1) is 41.7 Å². The topological polar surface area (TPSA) is 74.3 Å². The van der Waals surface area contributed by atoms with Gasteiger partial charge in [0.15, 0.2) is 0 Å². The summed E-state index contributed by atoms with van der Waals surface area (Å²) in [4.78, 5) is 13.0. The molecule has 4 rings (SSSR count). The number of amides is 1. The molecule has 0 saturated carbocycles. The number of hydrogen-bond acceptors (Lipinski definition) is 4. The monoisotopic (exact) mass is 415 g/mol. The molecule has 0 aliphatic carbocycles. The lowest BCUT2D eigenvalue weighted by atomic mass is 10.0. The highest BCUT2D eigenvalue weighted by molar-refractivity contribution is 6.32. The van der Waals surface area contributed by atoms with E-state index in [2.05, 4.69) is 16.3 Å². The third-order valence-corrected chi connectivity index (χ3v) is 4.98.